The van der Waals surface area contributed by atoms with E-state index in [2.05, 4.69) is 10.3 Å². The van der Waals surface area contributed by atoms with E-state index >= 15 is 0 Å². The van der Waals surface area contributed by atoms with Gasteiger partial charge in [0, 0.05) is 6.20 Å². The number of amides is 1. The largest absolute Gasteiger partial charge is 0.478 e. The Kier molecular flexibility index (Phi) is 3.67. The molecule has 0 unspecified atom stereocenters. The molecule has 17 heavy (non-hydrogen) atoms. The summed E-state index contributed by atoms with van der Waals surface area (Å²) >= 11 is 0. The highest BCUT2D eigenvalue weighted by Crippen LogP contribution is 2.13. The molecular weight excluding hydrogens is 224 g/mol. The van der Waals surface area contributed by atoms with Gasteiger partial charge in [0.1, 0.15) is 17.0 Å². The van der Waals surface area contributed by atoms with Gasteiger partial charge in [-0.25, -0.2) is 14.6 Å². The highest BCUT2D eigenvalue weighted by molar-refractivity contribution is 5.97. The van der Waals surface area contributed by atoms with Crippen LogP contribution in [-0.2, 0) is 4.74 Å². The topological polar surface area (TPSA) is 88.5 Å². The lowest BCUT2D eigenvalue weighted by atomic mass is 10.2. The van der Waals surface area contributed by atoms with Crippen LogP contribution in [0.1, 0.15) is 31.1 Å². The highest BCUT2D eigenvalue weighted by Gasteiger charge is 2.19. The zero-order chi connectivity index (χ0) is 13.1. The number of carbonyl (C=O) groups is 2. The standard InChI is InChI=1S/C11H14N2O4/c1-11(2,3)17-10(16)13-8-7(9(14)15)5-4-6-12-8/h4-6H,1-3H3,(H,14,15)(H,12,13,16). The fourth-order valence-corrected chi connectivity index (χ4v) is 1.08. The van der Waals surface area contributed by atoms with Crippen molar-refractivity contribution >= 4 is 17.9 Å². The maximum absolute atomic E-state index is 11.4. The number of hydrogen-bond acceptors (Lipinski definition) is 4. The molecule has 1 rings (SSSR count). The molecule has 6 heteroatoms. The lowest BCUT2D eigenvalue weighted by Crippen LogP contribution is -2.28. The molecule has 0 saturated carbocycles. The van der Waals surface area contributed by atoms with Gasteiger partial charge in [0.05, 0.1) is 0 Å². The van der Waals surface area contributed by atoms with E-state index in [9.17, 15) is 9.59 Å². The number of anilines is 1. The van der Waals surface area contributed by atoms with E-state index in [0.717, 1.165) is 0 Å². The molecule has 0 spiro atoms. The van der Waals surface area contributed by atoms with Crippen molar-refractivity contribution in [1.82, 2.24) is 4.98 Å². The summed E-state index contributed by atoms with van der Waals surface area (Å²) in [5, 5.41) is 11.2. The second kappa shape index (κ2) is 4.82. The minimum absolute atomic E-state index is 0.0331. The number of carboxylic acid groups (broad SMARTS) is 1. The van der Waals surface area contributed by atoms with Crippen LogP contribution >= 0.6 is 0 Å². The van der Waals surface area contributed by atoms with E-state index in [-0.39, 0.29) is 11.4 Å². The molecule has 1 aromatic rings. The van der Waals surface area contributed by atoms with E-state index in [0.29, 0.717) is 0 Å². The predicted molar refractivity (Wildman–Crippen MR) is 61.1 cm³/mol. The molecule has 1 aromatic heterocycles. The first-order valence-corrected chi connectivity index (χ1v) is 4.98. The number of ether oxygens (including phenoxy) is 1. The van der Waals surface area contributed by atoms with Crippen molar-refractivity contribution in [3.63, 3.8) is 0 Å². The number of rotatable bonds is 2. The predicted octanol–water partition coefficient (Wildman–Crippen LogP) is 2.13. The number of nitrogens with zero attached hydrogens (tertiary/aromatic N) is 1. The van der Waals surface area contributed by atoms with Crippen molar-refractivity contribution in [1.29, 1.82) is 0 Å². The number of aromatic carboxylic acids is 1. The summed E-state index contributed by atoms with van der Waals surface area (Å²) in [6.45, 7) is 5.13. The molecule has 1 heterocycles. The molecule has 0 aromatic carbocycles. The number of aromatic nitrogens is 1. The maximum atomic E-state index is 11.4. The van der Waals surface area contributed by atoms with Crippen molar-refractivity contribution in [3.8, 4) is 0 Å². The smallest absolute Gasteiger partial charge is 0.413 e. The lowest BCUT2D eigenvalue weighted by Gasteiger charge is -2.19. The van der Waals surface area contributed by atoms with Crippen LogP contribution in [0.25, 0.3) is 0 Å². The fourth-order valence-electron chi connectivity index (χ4n) is 1.08. The minimum atomic E-state index is -1.16. The zero-order valence-electron chi connectivity index (χ0n) is 9.85. The maximum Gasteiger partial charge on any atom is 0.413 e. The summed E-state index contributed by atoms with van der Waals surface area (Å²) in [6, 6.07) is 2.83. The second-order valence-electron chi connectivity index (χ2n) is 4.33. The van der Waals surface area contributed by atoms with Crippen molar-refractivity contribution < 1.29 is 19.4 Å². The number of pyridine rings is 1. The SMILES string of the molecule is CC(C)(C)OC(=O)Nc1ncccc1C(=O)O. The Morgan fingerprint density at radius 2 is 2.06 bits per heavy atom. The van der Waals surface area contributed by atoms with Gasteiger partial charge in [-0.1, -0.05) is 0 Å². The van der Waals surface area contributed by atoms with E-state index in [1.54, 1.807) is 20.8 Å². The minimum Gasteiger partial charge on any atom is -0.478 e. The number of hydrogen-bond donors (Lipinski definition) is 2. The number of carbonyl (C=O) groups excluding carboxylic acids is 1. The summed E-state index contributed by atoms with van der Waals surface area (Å²) in [6.07, 6.45) is 0.651. The summed E-state index contributed by atoms with van der Waals surface area (Å²) in [5.74, 6) is -1.20. The second-order valence-corrected chi connectivity index (χ2v) is 4.33. The van der Waals surface area contributed by atoms with Gasteiger partial charge in [0.15, 0.2) is 0 Å². The molecular formula is C11H14N2O4. The Bertz CT molecular complexity index is 437. The van der Waals surface area contributed by atoms with Gasteiger partial charge in [-0.05, 0) is 32.9 Å². The molecule has 0 fully saturated rings. The third-order valence-corrected chi connectivity index (χ3v) is 1.66. The van der Waals surface area contributed by atoms with Crippen LogP contribution in [0.4, 0.5) is 10.6 Å². The molecule has 0 saturated heterocycles. The summed E-state index contributed by atoms with van der Waals surface area (Å²) < 4.78 is 4.99. The monoisotopic (exact) mass is 238 g/mol. The van der Waals surface area contributed by atoms with Gasteiger partial charge < -0.3 is 9.84 Å². The van der Waals surface area contributed by atoms with Gasteiger partial charge in [0.25, 0.3) is 0 Å². The van der Waals surface area contributed by atoms with Crippen LogP contribution in [-0.4, -0.2) is 27.8 Å². The molecule has 1 amide bonds. The van der Waals surface area contributed by atoms with Crippen LogP contribution in [0.15, 0.2) is 18.3 Å². The van der Waals surface area contributed by atoms with Crippen molar-refractivity contribution in [2.24, 2.45) is 0 Å². The molecule has 0 aliphatic heterocycles. The van der Waals surface area contributed by atoms with Crippen LogP contribution in [0, 0.1) is 0 Å². The average Bonchev–Trinajstić information content (AvgIpc) is 2.14. The van der Waals surface area contributed by atoms with Crippen molar-refractivity contribution in [2.45, 2.75) is 26.4 Å². The molecule has 0 radical (unpaired) electrons. The van der Waals surface area contributed by atoms with Crippen LogP contribution in [0.3, 0.4) is 0 Å². The fraction of sp³-hybridized carbons (Fsp3) is 0.364. The van der Waals surface area contributed by atoms with E-state index in [4.69, 9.17) is 9.84 Å². The summed E-state index contributed by atoms with van der Waals surface area (Å²) in [5.41, 5.74) is -0.735. The van der Waals surface area contributed by atoms with Crippen LogP contribution < -0.4 is 5.32 Å². The summed E-state index contributed by atoms with van der Waals surface area (Å²) in [7, 11) is 0. The molecule has 0 atom stereocenters. The van der Waals surface area contributed by atoms with Crippen molar-refractivity contribution in [2.75, 3.05) is 5.32 Å². The first-order valence-electron chi connectivity index (χ1n) is 4.98. The zero-order valence-corrected chi connectivity index (χ0v) is 9.85. The number of carboxylic acids is 1. The Morgan fingerprint density at radius 1 is 1.41 bits per heavy atom. The average molecular weight is 238 g/mol. The quantitative estimate of drug-likeness (QED) is 0.823. The van der Waals surface area contributed by atoms with Gasteiger partial charge in [-0.2, -0.15) is 0 Å². The normalized spacial score (nSPS) is 10.8. The van der Waals surface area contributed by atoms with Gasteiger partial charge in [-0.3, -0.25) is 5.32 Å². The Balaban J connectivity index is 2.82. The first-order chi connectivity index (χ1) is 7.79. The first kappa shape index (κ1) is 13.0. The third-order valence-electron chi connectivity index (χ3n) is 1.66. The van der Waals surface area contributed by atoms with Gasteiger partial charge in [0.2, 0.25) is 0 Å². The Hall–Kier alpha value is -2.11. The van der Waals surface area contributed by atoms with E-state index < -0.39 is 17.7 Å². The van der Waals surface area contributed by atoms with Gasteiger partial charge in [-0.15, -0.1) is 0 Å². The summed E-state index contributed by atoms with van der Waals surface area (Å²) in [4.78, 5) is 26.1. The van der Waals surface area contributed by atoms with Crippen molar-refractivity contribution in [3.05, 3.63) is 23.9 Å². The molecule has 2 N–H and O–H groups in total. The molecule has 0 aliphatic carbocycles. The van der Waals surface area contributed by atoms with Crippen LogP contribution in [0.5, 0.6) is 0 Å². The third kappa shape index (κ3) is 4.10. The molecule has 6 nitrogen and oxygen atoms in total. The molecule has 92 valence electrons. The highest BCUT2D eigenvalue weighted by atomic mass is 16.6. The Labute approximate surface area is 98.6 Å². The van der Waals surface area contributed by atoms with Crippen LogP contribution in [0.2, 0.25) is 0 Å². The molecule has 0 aliphatic rings. The lowest BCUT2D eigenvalue weighted by molar-refractivity contribution is 0.0635. The van der Waals surface area contributed by atoms with Gasteiger partial charge >= 0.3 is 12.1 Å². The molecule has 0 bridgehead atoms. The van der Waals surface area contributed by atoms with E-state index in [1.807, 2.05) is 0 Å². The number of nitrogens with one attached hydrogen (secondary N) is 1. The van der Waals surface area contributed by atoms with E-state index in [1.165, 1.54) is 18.3 Å². The Morgan fingerprint density at radius 3 is 2.59 bits per heavy atom.